The van der Waals surface area contributed by atoms with Gasteiger partial charge in [-0.3, -0.25) is 4.68 Å². The summed E-state index contributed by atoms with van der Waals surface area (Å²) in [7, 11) is -1.27. The zero-order chi connectivity index (χ0) is 23.8. The molecule has 3 heterocycles. The second-order valence-corrected chi connectivity index (χ2v) is 10.3. The van der Waals surface area contributed by atoms with Crippen LogP contribution in [-0.2, 0) is 28.3 Å². The lowest BCUT2D eigenvalue weighted by atomic mass is 10.0. The highest BCUT2D eigenvalue weighted by atomic mass is 32.2. The summed E-state index contributed by atoms with van der Waals surface area (Å²) < 4.78 is 26.0. The zero-order valence-electron chi connectivity index (χ0n) is 18.6. The summed E-state index contributed by atoms with van der Waals surface area (Å²) in [4.78, 5) is 8.77. The van der Waals surface area contributed by atoms with Gasteiger partial charge in [-0.15, -0.1) is 0 Å². The third kappa shape index (κ3) is 4.40. The molecule has 0 aliphatic carbocycles. The van der Waals surface area contributed by atoms with Crippen LogP contribution >= 0.6 is 0 Å². The number of aryl methyl sites for hydroxylation is 2. The smallest absolute Gasteiger partial charge is 0.258 e. The average molecular weight is 468 g/mol. The Balaban J connectivity index is 2.02. The van der Waals surface area contributed by atoms with Crippen LogP contribution < -0.4 is 10.5 Å². The van der Waals surface area contributed by atoms with Gasteiger partial charge in [0.1, 0.15) is 17.9 Å². The molecule has 3 aromatic rings. The van der Waals surface area contributed by atoms with Crippen LogP contribution in [0.4, 0.5) is 5.82 Å². The third-order valence-corrected chi connectivity index (χ3v) is 7.59. The molecule has 0 saturated carbocycles. The van der Waals surface area contributed by atoms with E-state index in [1.54, 1.807) is 7.05 Å². The maximum atomic E-state index is 14.1. The molecule has 0 amide bonds. The van der Waals surface area contributed by atoms with E-state index < -0.39 is 15.8 Å². The molecule has 172 valence electrons. The van der Waals surface area contributed by atoms with Crippen molar-refractivity contribution in [3.63, 3.8) is 0 Å². The lowest BCUT2D eigenvalue weighted by molar-refractivity contribution is 0.217. The maximum Gasteiger partial charge on any atom is 0.258 e. The Hall–Kier alpha value is -3.49. The summed E-state index contributed by atoms with van der Waals surface area (Å²) in [6, 6.07) is 7.97. The third-order valence-electron chi connectivity index (χ3n) is 5.45. The van der Waals surface area contributed by atoms with E-state index in [0.29, 0.717) is 17.0 Å². The first-order valence-electron chi connectivity index (χ1n) is 10.4. The normalized spacial score (nSPS) is 19.8. The standard InChI is InChI=1S/C22H25N7O3S/c1-13-4-5-15-11-33(31,26-6-7-30)12-18-20(19(9-23)29(3)28-18)17-10-25-21(24)22(27-17)32-14(2)16(15)8-13/h4-5,8,10,14,30H,6-7,11-12H2,1-3H3,(H2,24,25)/t14-,33?/m1/s1. The van der Waals surface area contributed by atoms with Gasteiger partial charge in [0.25, 0.3) is 5.88 Å². The first-order valence-corrected chi connectivity index (χ1v) is 12.2. The molecule has 2 atom stereocenters. The molecule has 4 rings (SSSR count). The van der Waals surface area contributed by atoms with Crippen LogP contribution in [0.2, 0.25) is 0 Å². The number of aliphatic hydroxyl groups excluding tert-OH is 1. The predicted molar refractivity (Wildman–Crippen MR) is 124 cm³/mol. The van der Waals surface area contributed by atoms with Gasteiger partial charge in [0.2, 0.25) is 0 Å². The fourth-order valence-electron chi connectivity index (χ4n) is 3.93. The molecule has 0 spiro atoms. The molecule has 11 heteroatoms. The minimum atomic E-state index is -2.90. The van der Waals surface area contributed by atoms with Crippen molar-refractivity contribution in [2.75, 3.05) is 18.9 Å². The van der Waals surface area contributed by atoms with Crippen LogP contribution in [0.15, 0.2) is 28.8 Å². The van der Waals surface area contributed by atoms with Crippen molar-refractivity contribution in [3.8, 4) is 23.2 Å². The number of hydrogen-bond acceptors (Lipinski definition) is 9. The molecule has 0 radical (unpaired) electrons. The highest BCUT2D eigenvalue weighted by Crippen LogP contribution is 2.34. The highest BCUT2D eigenvalue weighted by molar-refractivity contribution is 7.92. The van der Waals surface area contributed by atoms with E-state index in [1.165, 1.54) is 10.9 Å². The summed E-state index contributed by atoms with van der Waals surface area (Å²) in [6.45, 7) is 3.64. The summed E-state index contributed by atoms with van der Waals surface area (Å²) in [5.41, 5.74) is 10.1. The Morgan fingerprint density at radius 1 is 1.42 bits per heavy atom. The van der Waals surface area contributed by atoms with Gasteiger partial charge in [0.05, 0.1) is 57.5 Å². The predicted octanol–water partition coefficient (Wildman–Crippen LogP) is 2.25. The summed E-state index contributed by atoms with van der Waals surface area (Å²) >= 11 is 0. The minimum Gasteiger partial charge on any atom is -0.467 e. The number of fused-ring (bicyclic) bond motifs is 5. The van der Waals surface area contributed by atoms with Crippen LogP contribution in [0, 0.1) is 18.3 Å². The highest BCUT2D eigenvalue weighted by Gasteiger charge is 2.27. The number of nitrogen functional groups attached to an aromatic ring is 1. The zero-order valence-corrected chi connectivity index (χ0v) is 19.5. The van der Waals surface area contributed by atoms with Crippen LogP contribution in [0.5, 0.6) is 5.88 Å². The summed E-state index contributed by atoms with van der Waals surface area (Å²) in [6.07, 6.45) is 0.988. The van der Waals surface area contributed by atoms with Gasteiger partial charge in [-0.1, -0.05) is 23.8 Å². The van der Waals surface area contributed by atoms with Gasteiger partial charge in [0, 0.05) is 7.05 Å². The Morgan fingerprint density at radius 2 is 2.21 bits per heavy atom. The van der Waals surface area contributed by atoms with Crippen molar-refractivity contribution in [2.24, 2.45) is 11.4 Å². The van der Waals surface area contributed by atoms with Gasteiger partial charge in [0.15, 0.2) is 5.82 Å². The molecule has 1 aliphatic rings. The van der Waals surface area contributed by atoms with E-state index in [2.05, 4.69) is 25.5 Å². The average Bonchev–Trinajstić information content (AvgIpc) is 3.08. The lowest BCUT2D eigenvalue weighted by Crippen LogP contribution is -2.16. The van der Waals surface area contributed by atoms with Gasteiger partial charge in [-0.05, 0) is 25.0 Å². The first kappa shape index (κ1) is 22.7. The molecule has 2 bridgehead atoms. The molecule has 10 nitrogen and oxygen atoms in total. The number of nitrogens with zero attached hydrogens (tertiary/aromatic N) is 6. The van der Waals surface area contributed by atoms with E-state index in [4.69, 9.17) is 10.5 Å². The Bertz CT molecular complexity index is 1380. The largest absolute Gasteiger partial charge is 0.467 e. The molecule has 1 aliphatic heterocycles. The SMILES string of the molecule is Cc1ccc2c(c1)[C@@H](C)Oc1nc(cnc1N)-c1c(nn(C)c1C#N)CS(=O)(=NCCO)C2. The van der Waals surface area contributed by atoms with E-state index in [9.17, 15) is 14.6 Å². The molecule has 0 fully saturated rings. The fourth-order valence-corrected chi connectivity index (χ4v) is 6.01. The van der Waals surface area contributed by atoms with Gasteiger partial charge in [-0.25, -0.2) is 18.5 Å². The number of nitriles is 1. The second kappa shape index (κ2) is 8.80. The van der Waals surface area contributed by atoms with E-state index >= 15 is 0 Å². The van der Waals surface area contributed by atoms with Crippen LogP contribution in [0.1, 0.15) is 41.1 Å². The van der Waals surface area contributed by atoms with Crippen LogP contribution in [0.25, 0.3) is 11.3 Å². The van der Waals surface area contributed by atoms with Gasteiger partial charge >= 0.3 is 0 Å². The number of aromatic nitrogens is 4. The molecule has 2 aromatic heterocycles. The van der Waals surface area contributed by atoms with E-state index in [1.807, 2.05) is 32.0 Å². The molecule has 1 unspecified atom stereocenters. The number of aliphatic hydroxyl groups is 1. The Labute approximate surface area is 192 Å². The molecular weight excluding hydrogens is 442 g/mol. The number of hydrogen-bond donors (Lipinski definition) is 2. The van der Waals surface area contributed by atoms with Gasteiger partial charge in [-0.2, -0.15) is 10.4 Å². The molecule has 33 heavy (non-hydrogen) atoms. The lowest BCUT2D eigenvalue weighted by Gasteiger charge is -2.21. The number of benzene rings is 1. The minimum absolute atomic E-state index is 0.0121. The second-order valence-electron chi connectivity index (χ2n) is 7.95. The first-order chi connectivity index (χ1) is 15.7. The van der Waals surface area contributed by atoms with Gasteiger partial charge < -0.3 is 15.6 Å². The molecule has 3 N–H and O–H groups in total. The Morgan fingerprint density at radius 3 is 2.94 bits per heavy atom. The number of nitrogens with two attached hydrogens (primary N) is 1. The van der Waals surface area contributed by atoms with E-state index in [-0.39, 0.29) is 42.0 Å². The van der Waals surface area contributed by atoms with Crippen LogP contribution in [0.3, 0.4) is 0 Å². The fraction of sp³-hybridized carbons (Fsp3) is 0.364. The Kier molecular flexibility index (Phi) is 6.05. The molecular formula is C22H25N7O3S. The maximum absolute atomic E-state index is 14.1. The summed E-state index contributed by atoms with van der Waals surface area (Å²) in [5, 5.41) is 23.6. The molecule has 1 aromatic carbocycles. The number of ether oxygens (including phenoxy) is 1. The van der Waals surface area contributed by atoms with Crippen molar-refractivity contribution < 1.29 is 14.1 Å². The summed E-state index contributed by atoms with van der Waals surface area (Å²) in [5.74, 6) is 0.408. The number of rotatable bonds is 2. The van der Waals surface area contributed by atoms with Crippen LogP contribution in [-0.4, -0.2) is 42.2 Å². The van der Waals surface area contributed by atoms with Crippen molar-refractivity contribution in [1.82, 2.24) is 19.7 Å². The molecule has 0 saturated heterocycles. The quantitative estimate of drug-likeness (QED) is 0.582. The van der Waals surface area contributed by atoms with Crippen molar-refractivity contribution in [1.29, 1.82) is 5.26 Å². The van der Waals surface area contributed by atoms with Crippen molar-refractivity contribution in [2.45, 2.75) is 31.5 Å². The van der Waals surface area contributed by atoms with Crippen molar-refractivity contribution >= 4 is 15.5 Å². The van der Waals surface area contributed by atoms with E-state index in [0.717, 1.165) is 16.7 Å². The number of anilines is 1. The monoisotopic (exact) mass is 467 g/mol. The van der Waals surface area contributed by atoms with Crippen molar-refractivity contribution in [3.05, 3.63) is 52.5 Å². The topological polar surface area (TPSA) is 152 Å².